The maximum Gasteiger partial charge on any atom is 0.335 e. The number of carboxylic acids is 1. The summed E-state index contributed by atoms with van der Waals surface area (Å²) in [5, 5.41) is 9.60. The summed E-state index contributed by atoms with van der Waals surface area (Å²) in [6, 6.07) is 12.1. The van der Waals surface area contributed by atoms with Crippen LogP contribution in [0, 0.1) is 0 Å². The van der Waals surface area contributed by atoms with Crippen molar-refractivity contribution < 1.29 is 14.3 Å². The molecule has 20 heavy (non-hydrogen) atoms. The van der Waals surface area contributed by atoms with Crippen molar-refractivity contribution in [3.05, 3.63) is 64.5 Å². The Morgan fingerprint density at radius 2 is 2.05 bits per heavy atom. The Morgan fingerprint density at radius 3 is 2.80 bits per heavy atom. The maximum absolute atomic E-state index is 10.9. The molecule has 5 heteroatoms. The van der Waals surface area contributed by atoms with Gasteiger partial charge in [0.15, 0.2) is 11.5 Å². The molecule has 0 saturated carbocycles. The summed E-state index contributed by atoms with van der Waals surface area (Å²) in [7, 11) is 0. The molecule has 2 aromatic carbocycles. The third-order valence-electron chi connectivity index (χ3n) is 2.98. The van der Waals surface area contributed by atoms with Gasteiger partial charge < -0.3 is 9.52 Å². The van der Waals surface area contributed by atoms with Crippen LogP contribution >= 0.6 is 11.6 Å². The minimum atomic E-state index is -0.990. The van der Waals surface area contributed by atoms with Crippen LogP contribution in [0.4, 0.5) is 0 Å². The third-order valence-corrected chi connectivity index (χ3v) is 3.35. The van der Waals surface area contributed by atoms with E-state index >= 15 is 0 Å². The molecular formula is C15H10ClNO3. The minimum absolute atomic E-state index is 0.179. The van der Waals surface area contributed by atoms with E-state index in [9.17, 15) is 4.79 Å². The van der Waals surface area contributed by atoms with Crippen molar-refractivity contribution in [1.29, 1.82) is 0 Å². The number of nitrogens with zero attached hydrogens (tertiary/aromatic N) is 1. The molecule has 3 rings (SSSR count). The number of halogens is 1. The summed E-state index contributed by atoms with van der Waals surface area (Å²) < 4.78 is 5.58. The van der Waals surface area contributed by atoms with Crippen molar-refractivity contribution in [2.75, 3.05) is 0 Å². The molecule has 0 saturated heterocycles. The van der Waals surface area contributed by atoms with Crippen LogP contribution < -0.4 is 0 Å². The highest BCUT2D eigenvalue weighted by molar-refractivity contribution is 6.31. The van der Waals surface area contributed by atoms with Crippen LogP contribution in [0.5, 0.6) is 0 Å². The Bertz CT molecular complexity index is 795. The molecule has 0 aliphatic rings. The Hall–Kier alpha value is -2.33. The first kappa shape index (κ1) is 12.7. The van der Waals surface area contributed by atoms with Crippen LogP contribution in [-0.2, 0) is 6.42 Å². The lowest BCUT2D eigenvalue weighted by Crippen LogP contribution is -1.94. The maximum atomic E-state index is 10.9. The molecule has 3 aromatic rings. The van der Waals surface area contributed by atoms with Gasteiger partial charge in [0.1, 0.15) is 5.52 Å². The minimum Gasteiger partial charge on any atom is -0.478 e. The highest BCUT2D eigenvalue weighted by Crippen LogP contribution is 2.22. The van der Waals surface area contributed by atoms with E-state index in [4.69, 9.17) is 21.1 Å². The highest BCUT2D eigenvalue weighted by Gasteiger charge is 2.11. The Balaban J connectivity index is 1.97. The lowest BCUT2D eigenvalue weighted by Gasteiger charge is -1.99. The number of benzene rings is 2. The third kappa shape index (κ3) is 2.38. The fourth-order valence-electron chi connectivity index (χ4n) is 1.99. The highest BCUT2D eigenvalue weighted by atomic mass is 35.5. The molecular weight excluding hydrogens is 278 g/mol. The van der Waals surface area contributed by atoms with Crippen LogP contribution in [-0.4, -0.2) is 16.1 Å². The van der Waals surface area contributed by atoms with Gasteiger partial charge in [0, 0.05) is 5.02 Å². The van der Waals surface area contributed by atoms with Crippen LogP contribution in [0.2, 0.25) is 5.02 Å². The van der Waals surface area contributed by atoms with E-state index in [-0.39, 0.29) is 5.56 Å². The number of aromatic nitrogens is 1. The fourth-order valence-corrected chi connectivity index (χ4v) is 2.19. The molecule has 0 atom stereocenters. The van der Waals surface area contributed by atoms with Crippen LogP contribution in [0.15, 0.2) is 46.9 Å². The zero-order valence-corrected chi connectivity index (χ0v) is 11.1. The summed E-state index contributed by atoms with van der Waals surface area (Å²) >= 11 is 6.09. The van der Waals surface area contributed by atoms with Gasteiger partial charge in [-0.15, -0.1) is 0 Å². The molecule has 0 bridgehead atoms. The number of rotatable bonds is 3. The van der Waals surface area contributed by atoms with E-state index < -0.39 is 5.97 Å². The number of carboxylic acid groups (broad SMARTS) is 1. The van der Waals surface area contributed by atoms with Gasteiger partial charge in [-0.3, -0.25) is 0 Å². The molecule has 0 amide bonds. The van der Waals surface area contributed by atoms with E-state index in [2.05, 4.69) is 4.98 Å². The van der Waals surface area contributed by atoms with Crippen molar-refractivity contribution in [2.24, 2.45) is 0 Å². The SMILES string of the molecule is O=C(O)c1ccc2nc(Cc3ccccc3Cl)oc2c1. The molecule has 0 fully saturated rings. The quantitative estimate of drug-likeness (QED) is 0.796. The van der Waals surface area contributed by atoms with Gasteiger partial charge in [-0.05, 0) is 29.8 Å². The Morgan fingerprint density at radius 1 is 1.25 bits per heavy atom. The first-order chi connectivity index (χ1) is 9.63. The molecule has 4 nitrogen and oxygen atoms in total. The van der Waals surface area contributed by atoms with Crippen LogP contribution in [0.1, 0.15) is 21.8 Å². The first-order valence-electron chi connectivity index (χ1n) is 5.99. The second-order valence-corrected chi connectivity index (χ2v) is 4.77. The van der Waals surface area contributed by atoms with Gasteiger partial charge in [0.2, 0.25) is 0 Å². The van der Waals surface area contributed by atoms with Gasteiger partial charge in [-0.2, -0.15) is 0 Å². The summed E-state index contributed by atoms with van der Waals surface area (Å²) in [5.74, 6) is -0.480. The van der Waals surface area contributed by atoms with E-state index in [1.807, 2.05) is 24.3 Å². The number of hydrogen-bond donors (Lipinski definition) is 1. The summed E-state index contributed by atoms with van der Waals surface area (Å²) in [5.41, 5.74) is 2.20. The fraction of sp³-hybridized carbons (Fsp3) is 0.0667. The predicted octanol–water partition coefficient (Wildman–Crippen LogP) is 3.77. The van der Waals surface area contributed by atoms with Gasteiger partial charge in [-0.25, -0.2) is 9.78 Å². The number of fused-ring (bicyclic) bond motifs is 1. The Labute approximate surface area is 119 Å². The van der Waals surface area contributed by atoms with Gasteiger partial charge in [-0.1, -0.05) is 29.8 Å². The average Bonchev–Trinajstić information content (AvgIpc) is 2.82. The zero-order valence-electron chi connectivity index (χ0n) is 10.3. The van der Waals surface area contributed by atoms with E-state index in [0.29, 0.717) is 28.4 Å². The van der Waals surface area contributed by atoms with E-state index in [0.717, 1.165) is 5.56 Å². The average molecular weight is 288 g/mol. The van der Waals surface area contributed by atoms with Crippen molar-refractivity contribution in [1.82, 2.24) is 4.98 Å². The number of carbonyl (C=O) groups is 1. The number of oxazole rings is 1. The molecule has 0 radical (unpaired) electrons. The molecule has 0 aliphatic heterocycles. The monoisotopic (exact) mass is 287 g/mol. The molecule has 0 aliphatic carbocycles. The van der Waals surface area contributed by atoms with Crippen LogP contribution in [0.25, 0.3) is 11.1 Å². The smallest absolute Gasteiger partial charge is 0.335 e. The van der Waals surface area contributed by atoms with Crippen molar-refractivity contribution in [2.45, 2.75) is 6.42 Å². The zero-order chi connectivity index (χ0) is 14.1. The molecule has 1 aromatic heterocycles. The van der Waals surface area contributed by atoms with Crippen molar-refractivity contribution >= 4 is 28.7 Å². The van der Waals surface area contributed by atoms with Gasteiger partial charge in [0.05, 0.1) is 12.0 Å². The molecule has 1 N–H and O–H groups in total. The lowest BCUT2D eigenvalue weighted by atomic mass is 10.1. The normalized spacial score (nSPS) is 10.8. The van der Waals surface area contributed by atoms with Gasteiger partial charge >= 0.3 is 5.97 Å². The topological polar surface area (TPSA) is 63.3 Å². The second kappa shape index (κ2) is 4.98. The van der Waals surface area contributed by atoms with Crippen molar-refractivity contribution in [3.8, 4) is 0 Å². The molecule has 1 heterocycles. The van der Waals surface area contributed by atoms with E-state index in [1.54, 1.807) is 6.07 Å². The lowest BCUT2D eigenvalue weighted by molar-refractivity contribution is 0.0697. The summed E-state index contributed by atoms with van der Waals surface area (Å²) in [6.45, 7) is 0. The number of aromatic carboxylic acids is 1. The summed E-state index contributed by atoms with van der Waals surface area (Å²) in [6.07, 6.45) is 0.469. The largest absolute Gasteiger partial charge is 0.478 e. The Kier molecular flexibility index (Phi) is 3.16. The van der Waals surface area contributed by atoms with Crippen molar-refractivity contribution in [3.63, 3.8) is 0 Å². The molecule has 0 unspecified atom stereocenters. The van der Waals surface area contributed by atoms with Gasteiger partial charge in [0.25, 0.3) is 0 Å². The van der Waals surface area contributed by atoms with Crippen LogP contribution in [0.3, 0.4) is 0 Å². The molecule has 0 spiro atoms. The standard InChI is InChI=1S/C15H10ClNO3/c16-11-4-2-1-3-9(11)8-14-17-12-6-5-10(15(18)19)7-13(12)20-14/h1-7H,8H2,(H,18,19). The predicted molar refractivity (Wildman–Crippen MR) is 75.2 cm³/mol. The first-order valence-corrected chi connectivity index (χ1v) is 6.37. The second-order valence-electron chi connectivity index (χ2n) is 4.36. The van der Waals surface area contributed by atoms with E-state index in [1.165, 1.54) is 12.1 Å². The molecule has 100 valence electrons. The number of hydrogen-bond acceptors (Lipinski definition) is 3. The summed E-state index contributed by atoms with van der Waals surface area (Å²) in [4.78, 5) is 15.2.